The number of anilines is 3. The van der Waals surface area contributed by atoms with E-state index < -0.39 is 12.2 Å². The number of hydrogen-bond donors (Lipinski definition) is 3. The van der Waals surface area contributed by atoms with Gasteiger partial charge in [0, 0.05) is 23.6 Å². The smallest absolute Gasteiger partial charge is 0.225 e. The third kappa shape index (κ3) is 5.18. The molecule has 1 saturated heterocycles. The molecule has 2 aromatic heterocycles. The molecule has 1 aromatic carbocycles. The topological polar surface area (TPSA) is 120 Å². The quantitative estimate of drug-likeness (QED) is 0.377. The summed E-state index contributed by atoms with van der Waals surface area (Å²) < 4.78 is 21.5. The van der Waals surface area contributed by atoms with Gasteiger partial charge in [-0.1, -0.05) is 34.8 Å². The van der Waals surface area contributed by atoms with Gasteiger partial charge in [-0.15, -0.1) is 0 Å². The third-order valence-corrected chi connectivity index (χ3v) is 7.56. The first-order chi connectivity index (χ1) is 17.3. The number of nitrogens with one attached hydrogen (secondary N) is 2. The second-order valence-electron chi connectivity index (χ2n) is 9.12. The summed E-state index contributed by atoms with van der Waals surface area (Å²) in [7, 11) is 0. The van der Waals surface area contributed by atoms with Crippen LogP contribution in [0, 0.1) is 5.92 Å². The predicted octanol–water partition coefficient (Wildman–Crippen LogP) is 5.29. The highest BCUT2D eigenvalue weighted by Crippen LogP contribution is 2.40. The number of benzene rings is 1. The number of halogens is 4. The maximum absolute atomic E-state index is 14.3. The zero-order valence-electron chi connectivity index (χ0n) is 19.2. The van der Waals surface area contributed by atoms with Crippen molar-refractivity contribution in [2.24, 2.45) is 11.7 Å². The Labute approximate surface area is 221 Å². The fourth-order valence-electron chi connectivity index (χ4n) is 4.82. The van der Waals surface area contributed by atoms with Crippen molar-refractivity contribution in [3.63, 3.8) is 0 Å². The molecule has 9 nitrogen and oxygen atoms in total. The van der Waals surface area contributed by atoms with Gasteiger partial charge in [-0.25, -0.2) is 14.4 Å². The van der Waals surface area contributed by atoms with Gasteiger partial charge in [-0.3, -0.25) is 9.36 Å². The summed E-state index contributed by atoms with van der Waals surface area (Å²) in [6.45, 7) is 0.510. The molecule has 0 unspecified atom stereocenters. The van der Waals surface area contributed by atoms with Gasteiger partial charge >= 0.3 is 0 Å². The summed E-state index contributed by atoms with van der Waals surface area (Å²) >= 11 is 18.9. The van der Waals surface area contributed by atoms with Crippen molar-refractivity contribution in [2.75, 3.05) is 23.8 Å². The van der Waals surface area contributed by atoms with Gasteiger partial charge in [-0.05, 0) is 44.2 Å². The molecule has 1 aliphatic heterocycles. The molecule has 192 valence electrons. The zero-order chi connectivity index (χ0) is 25.4. The molecule has 1 saturated carbocycles. The Morgan fingerprint density at radius 3 is 2.50 bits per heavy atom. The number of rotatable bonds is 6. The minimum atomic E-state index is -1.15. The molecule has 1 amide bonds. The first-order valence-corrected chi connectivity index (χ1v) is 12.9. The van der Waals surface area contributed by atoms with Crippen LogP contribution in [0.5, 0.6) is 0 Å². The molecule has 3 heterocycles. The monoisotopic (exact) mass is 555 g/mol. The Bertz CT molecular complexity index is 1260. The number of nitrogens with two attached hydrogens (primary N) is 1. The summed E-state index contributed by atoms with van der Waals surface area (Å²) in [6, 6.07) is 2.72. The summed E-state index contributed by atoms with van der Waals surface area (Å²) in [6.07, 6.45) is 3.67. The van der Waals surface area contributed by atoms with Gasteiger partial charge in [0.15, 0.2) is 5.65 Å². The number of aromatic nitrogens is 4. The van der Waals surface area contributed by atoms with Crippen LogP contribution in [0.3, 0.4) is 0 Å². The second-order valence-corrected chi connectivity index (χ2v) is 10.4. The van der Waals surface area contributed by atoms with E-state index in [1.807, 2.05) is 4.57 Å². The molecule has 0 spiro atoms. The van der Waals surface area contributed by atoms with Crippen LogP contribution in [0.15, 0.2) is 18.3 Å². The van der Waals surface area contributed by atoms with Gasteiger partial charge < -0.3 is 21.1 Å². The van der Waals surface area contributed by atoms with Crippen LogP contribution < -0.4 is 16.4 Å². The molecular weight excluding hydrogens is 532 g/mol. The van der Waals surface area contributed by atoms with Crippen LogP contribution >= 0.6 is 34.8 Å². The second kappa shape index (κ2) is 10.5. The van der Waals surface area contributed by atoms with Crippen molar-refractivity contribution in [3.05, 3.63) is 33.4 Å². The molecule has 0 radical (unpaired) electrons. The van der Waals surface area contributed by atoms with Crippen molar-refractivity contribution in [3.8, 4) is 0 Å². The first-order valence-electron chi connectivity index (χ1n) is 11.7. The van der Waals surface area contributed by atoms with Crippen molar-refractivity contribution >= 4 is 69.5 Å². The molecule has 4 N–H and O–H groups in total. The number of ether oxygens (including phenoxy) is 1. The van der Waals surface area contributed by atoms with E-state index in [4.69, 9.17) is 55.2 Å². The lowest BCUT2D eigenvalue weighted by molar-refractivity contribution is -0.122. The number of alkyl halides is 1. The number of nitrogens with zero attached hydrogens (tertiary/aromatic N) is 4. The maximum atomic E-state index is 14.3. The molecule has 0 bridgehead atoms. The molecule has 2 fully saturated rings. The number of carbonyl (C=O) groups is 1. The van der Waals surface area contributed by atoms with E-state index in [2.05, 4.69) is 15.6 Å². The molecule has 2 aliphatic rings. The van der Waals surface area contributed by atoms with Crippen molar-refractivity contribution in [1.29, 1.82) is 0 Å². The van der Waals surface area contributed by atoms with Gasteiger partial charge in [0.2, 0.25) is 17.8 Å². The fourth-order valence-corrected chi connectivity index (χ4v) is 5.73. The average molecular weight is 557 g/mol. The van der Waals surface area contributed by atoms with Crippen LogP contribution in [-0.4, -0.2) is 50.9 Å². The highest BCUT2D eigenvalue weighted by Gasteiger charge is 2.30. The molecular formula is C23H25Cl3FN7O2. The van der Waals surface area contributed by atoms with Gasteiger partial charge in [0.1, 0.15) is 11.7 Å². The number of amides is 1. The molecule has 36 heavy (non-hydrogen) atoms. The van der Waals surface area contributed by atoms with Gasteiger partial charge in [0.25, 0.3) is 0 Å². The van der Waals surface area contributed by atoms with Crippen LogP contribution in [0.2, 0.25) is 15.1 Å². The van der Waals surface area contributed by atoms with E-state index in [9.17, 15) is 9.18 Å². The van der Waals surface area contributed by atoms with Crippen LogP contribution in [0.25, 0.3) is 11.2 Å². The van der Waals surface area contributed by atoms with E-state index in [0.717, 1.165) is 0 Å². The first kappa shape index (κ1) is 25.3. The average Bonchev–Trinajstić information content (AvgIpc) is 3.20. The fraction of sp³-hybridized carbons (Fsp3) is 0.478. The largest absolute Gasteiger partial charge is 0.378 e. The summed E-state index contributed by atoms with van der Waals surface area (Å²) in [5, 5.41) is 7.43. The number of carbonyl (C=O) groups excluding carboxylic acids is 1. The van der Waals surface area contributed by atoms with Crippen LogP contribution in [0.4, 0.5) is 22.0 Å². The SMILES string of the molecule is NC(=O)C1CCC(n2c(Nc3c(Cl)cc(Cl)cc3Cl)nc3cnc(N[C@@H]4CCOC[C@H]4F)nc32)CC1. The van der Waals surface area contributed by atoms with Crippen LogP contribution in [-0.2, 0) is 9.53 Å². The van der Waals surface area contributed by atoms with E-state index >= 15 is 0 Å². The Balaban J connectivity index is 1.53. The standard InChI is InChI=1S/C23H25Cl3FN7O2/c24-12-7-14(25)19(15(26)8-12)32-23-31-18-9-29-22(30-17-5-6-36-10-16(17)27)33-21(18)34(23)13-3-1-11(2-4-13)20(28)35/h7-9,11,13,16-17H,1-6,10H2,(H2,28,35)(H,31,32)(H,29,30,33)/t11?,13?,16-,17-/m1/s1. The highest BCUT2D eigenvalue weighted by atomic mass is 35.5. The lowest BCUT2D eigenvalue weighted by Gasteiger charge is -2.29. The lowest BCUT2D eigenvalue weighted by Crippen LogP contribution is -2.39. The van der Waals surface area contributed by atoms with E-state index in [1.165, 1.54) is 0 Å². The minimum Gasteiger partial charge on any atom is -0.378 e. The van der Waals surface area contributed by atoms with Gasteiger partial charge in [-0.2, -0.15) is 4.98 Å². The Morgan fingerprint density at radius 1 is 1.11 bits per heavy atom. The normalized spacial score (nSPS) is 24.6. The maximum Gasteiger partial charge on any atom is 0.225 e. The summed E-state index contributed by atoms with van der Waals surface area (Å²) in [5.74, 6) is 0.334. The van der Waals surface area contributed by atoms with E-state index in [1.54, 1.807) is 18.3 Å². The molecule has 2 atom stereocenters. The van der Waals surface area contributed by atoms with Crippen molar-refractivity contribution in [1.82, 2.24) is 19.5 Å². The number of imidazole rings is 1. The third-order valence-electron chi connectivity index (χ3n) is 6.74. The molecule has 13 heteroatoms. The van der Waals surface area contributed by atoms with E-state index in [-0.39, 0.29) is 24.5 Å². The Hall–Kier alpha value is -2.40. The Kier molecular flexibility index (Phi) is 7.39. The number of fused-ring (bicyclic) bond motifs is 1. The van der Waals surface area contributed by atoms with Crippen LogP contribution in [0.1, 0.15) is 38.1 Å². The predicted molar refractivity (Wildman–Crippen MR) is 138 cm³/mol. The molecule has 5 rings (SSSR count). The number of primary amides is 1. The van der Waals surface area contributed by atoms with Crippen molar-refractivity contribution < 1.29 is 13.9 Å². The number of hydrogen-bond acceptors (Lipinski definition) is 7. The molecule has 3 aromatic rings. The molecule has 1 aliphatic carbocycles. The van der Waals surface area contributed by atoms with Gasteiger partial charge in [0.05, 0.1) is 34.6 Å². The summed E-state index contributed by atoms with van der Waals surface area (Å²) in [4.78, 5) is 25.5. The minimum absolute atomic E-state index is 0.0160. The summed E-state index contributed by atoms with van der Waals surface area (Å²) in [5.41, 5.74) is 7.11. The highest BCUT2D eigenvalue weighted by molar-refractivity contribution is 6.41. The Morgan fingerprint density at radius 2 is 1.83 bits per heavy atom. The van der Waals surface area contributed by atoms with E-state index in [0.29, 0.717) is 82.5 Å². The zero-order valence-corrected chi connectivity index (χ0v) is 21.5. The van der Waals surface area contributed by atoms with Crippen molar-refractivity contribution in [2.45, 2.75) is 50.4 Å². The lowest BCUT2D eigenvalue weighted by atomic mass is 9.85.